The fourth-order valence-electron chi connectivity index (χ4n) is 3.48. The number of aromatic nitrogens is 1. The van der Waals surface area contributed by atoms with Gasteiger partial charge in [-0.3, -0.25) is 9.10 Å². The van der Waals surface area contributed by atoms with Crippen molar-refractivity contribution in [2.75, 3.05) is 21.9 Å². The normalized spacial score (nSPS) is 13.3. The molecule has 30 heavy (non-hydrogen) atoms. The maximum Gasteiger partial charge on any atom is 0.234 e. The summed E-state index contributed by atoms with van der Waals surface area (Å²) in [5, 5.41) is 5.57. The summed E-state index contributed by atoms with van der Waals surface area (Å²) in [4.78, 5) is 16.9. The van der Waals surface area contributed by atoms with Gasteiger partial charge in [-0.1, -0.05) is 23.8 Å². The van der Waals surface area contributed by atoms with Crippen LogP contribution in [-0.2, 0) is 27.7 Å². The van der Waals surface area contributed by atoms with Crippen LogP contribution in [0.5, 0.6) is 0 Å². The number of benzene rings is 2. The van der Waals surface area contributed by atoms with Crippen LogP contribution in [0.3, 0.4) is 0 Å². The first-order chi connectivity index (χ1) is 14.4. The van der Waals surface area contributed by atoms with Crippen LogP contribution in [0.1, 0.15) is 23.1 Å². The zero-order chi connectivity index (χ0) is 21.3. The molecule has 1 aliphatic heterocycles. The van der Waals surface area contributed by atoms with Crippen molar-refractivity contribution in [2.24, 2.45) is 0 Å². The molecule has 0 radical (unpaired) electrons. The summed E-state index contributed by atoms with van der Waals surface area (Å²) in [6.45, 7) is 4.14. The number of hydrogen-bond acceptors (Lipinski definition) is 5. The van der Waals surface area contributed by atoms with Crippen molar-refractivity contribution in [1.29, 1.82) is 0 Å². The molecule has 8 heteroatoms. The van der Waals surface area contributed by atoms with E-state index in [0.717, 1.165) is 38.8 Å². The highest BCUT2D eigenvalue weighted by Gasteiger charge is 2.28. The van der Waals surface area contributed by atoms with Gasteiger partial charge in [0.05, 0.1) is 23.6 Å². The van der Waals surface area contributed by atoms with Crippen molar-refractivity contribution in [2.45, 2.75) is 26.7 Å². The SMILES string of the molecule is CCS(=O)(=O)N1CCc2cc(-c3csc(CC(=O)Nc4ccc(C)cc4)n3)ccc21. The molecule has 0 bridgehead atoms. The van der Waals surface area contributed by atoms with Crippen LogP contribution in [0, 0.1) is 6.92 Å². The van der Waals surface area contributed by atoms with E-state index in [2.05, 4.69) is 10.3 Å². The molecule has 1 aliphatic rings. The van der Waals surface area contributed by atoms with Gasteiger partial charge in [-0.2, -0.15) is 0 Å². The van der Waals surface area contributed by atoms with Crippen LogP contribution in [-0.4, -0.2) is 31.6 Å². The number of sulfonamides is 1. The van der Waals surface area contributed by atoms with Gasteiger partial charge in [0.1, 0.15) is 5.01 Å². The Morgan fingerprint density at radius 2 is 1.97 bits per heavy atom. The topological polar surface area (TPSA) is 79.4 Å². The molecule has 0 saturated carbocycles. The largest absolute Gasteiger partial charge is 0.326 e. The molecule has 156 valence electrons. The van der Waals surface area contributed by atoms with Crippen LogP contribution in [0.25, 0.3) is 11.3 Å². The minimum Gasteiger partial charge on any atom is -0.326 e. The van der Waals surface area contributed by atoms with Crippen molar-refractivity contribution in [3.63, 3.8) is 0 Å². The molecule has 0 atom stereocenters. The summed E-state index contributed by atoms with van der Waals surface area (Å²) in [6, 6.07) is 13.4. The Labute approximate surface area is 180 Å². The van der Waals surface area contributed by atoms with E-state index in [1.807, 2.05) is 54.8 Å². The predicted octanol–water partition coefficient (Wildman–Crippen LogP) is 4.01. The number of hydrogen-bond donors (Lipinski definition) is 1. The smallest absolute Gasteiger partial charge is 0.234 e. The zero-order valence-electron chi connectivity index (χ0n) is 16.9. The number of rotatable bonds is 6. The number of thiazole rings is 1. The van der Waals surface area contributed by atoms with Gasteiger partial charge in [0, 0.05) is 23.2 Å². The quantitative estimate of drug-likeness (QED) is 0.627. The van der Waals surface area contributed by atoms with Gasteiger partial charge < -0.3 is 5.32 Å². The molecule has 0 saturated heterocycles. The summed E-state index contributed by atoms with van der Waals surface area (Å²) in [7, 11) is -3.25. The third-order valence-corrected chi connectivity index (χ3v) is 7.76. The second-order valence-electron chi connectivity index (χ2n) is 7.28. The van der Waals surface area contributed by atoms with E-state index >= 15 is 0 Å². The van der Waals surface area contributed by atoms with E-state index in [0.29, 0.717) is 13.0 Å². The molecule has 0 fully saturated rings. The highest BCUT2D eigenvalue weighted by molar-refractivity contribution is 7.92. The van der Waals surface area contributed by atoms with Crippen LogP contribution in [0.4, 0.5) is 11.4 Å². The Bertz CT molecular complexity index is 1180. The van der Waals surface area contributed by atoms with E-state index in [9.17, 15) is 13.2 Å². The van der Waals surface area contributed by atoms with Gasteiger partial charge in [0.2, 0.25) is 15.9 Å². The lowest BCUT2D eigenvalue weighted by atomic mass is 10.1. The van der Waals surface area contributed by atoms with Crippen LogP contribution in [0.15, 0.2) is 47.8 Å². The maximum absolute atomic E-state index is 12.3. The lowest BCUT2D eigenvalue weighted by Gasteiger charge is -2.18. The molecule has 4 rings (SSSR count). The molecular weight excluding hydrogens is 418 g/mol. The Balaban J connectivity index is 1.47. The number of amides is 1. The molecule has 0 aliphatic carbocycles. The van der Waals surface area contributed by atoms with Crippen molar-refractivity contribution < 1.29 is 13.2 Å². The predicted molar refractivity (Wildman–Crippen MR) is 122 cm³/mol. The fraction of sp³-hybridized carbons (Fsp3) is 0.273. The van der Waals surface area contributed by atoms with Gasteiger partial charge in [-0.15, -0.1) is 11.3 Å². The first-order valence-electron chi connectivity index (χ1n) is 9.80. The molecule has 0 unspecified atom stereocenters. The fourth-order valence-corrected chi connectivity index (χ4v) is 5.44. The summed E-state index contributed by atoms with van der Waals surface area (Å²) in [6.07, 6.45) is 0.907. The summed E-state index contributed by atoms with van der Waals surface area (Å²) in [5.41, 5.74) is 5.42. The molecule has 1 amide bonds. The second-order valence-corrected chi connectivity index (χ2v) is 10.4. The second kappa shape index (κ2) is 8.20. The third kappa shape index (κ3) is 4.24. The molecule has 1 N–H and O–H groups in total. The zero-order valence-corrected chi connectivity index (χ0v) is 18.5. The van der Waals surface area contributed by atoms with Gasteiger partial charge in [-0.05, 0) is 50.1 Å². The van der Waals surface area contributed by atoms with Crippen molar-refractivity contribution >= 4 is 38.6 Å². The molecule has 3 aromatic rings. The first kappa shape index (κ1) is 20.6. The van der Waals surface area contributed by atoms with Crippen molar-refractivity contribution in [1.82, 2.24) is 4.98 Å². The number of nitrogens with zero attached hydrogens (tertiary/aromatic N) is 2. The monoisotopic (exact) mass is 441 g/mol. The number of carbonyl (C=O) groups excluding carboxylic acids is 1. The van der Waals surface area contributed by atoms with Crippen molar-refractivity contribution in [3.8, 4) is 11.3 Å². The highest BCUT2D eigenvalue weighted by atomic mass is 32.2. The van der Waals surface area contributed by atoms with E-state index in [1.165, 1.54) is 15.6 Å². The summed E-state index contributed by atoms with van der Waals surface area (Å²) in [5.74, 6) is -0.0111. The van der Waals surface area contributed by atoms with Crippen LogP contribution in [0.2, 0.25) is 0 Å². The van der Waals surface area contributed by atoms with Gasteiger partial charge in [0.25, 0.3) is 0 Å². The molecule has 2 aromatic carbocycles. The molecule has 1 aromatic heterocycles. The number of anilines is 2. The van der Waals surface area contributed by atoms with Gasteiger partial charge in [0.15, 0.2) is 0 Å². The molecule has 2 heterocycles. The standard InChI is InChI=1S/C22H23N3O3S2/c1-3-30(27,28)25-11-10-17-12-16(6-9-20(17)25)19-14-29-22(24-19)13-21(26)23-18-7-4-15(2)5-8-18/h4-9,12,14H,3,10-11,13H2,1-2H3,(H,23,26). The Kier molecular flexibility index (Phi) is 5.62. The maximum atomic E-state index is 12.3. The minimum absolute atomic E-state index is 0.0916. The Morgan fingerprint density at radius 3 is 2.70 bits per heavy atom. The van der Waals surface area contributed by atoms with E-state index in [1.54, 1.807) is 6.92 Å². The lowest BCUT2D eigenvalue weighted by Crippen LogP contribution is -2.30. The average Bonchev–Trinajstić information content (AvgIpc) is 3.36. The van der Waals surface area contributed by atoms with Crippen LogP contribution < -0.4 is 9.62 Å². The van der Waals surface area contributed by atoms with E-state index in [4.69, 9.17) is 0 Å². The van der Waals surface area contributed by atoms with Gasteiger partial charge >= 0.3 is 0 Å². The first-order valence-corrected chi connectivity index (χ1v) is 12.3. The molecule has 6 nitrogen and oxygen atoms in total. The van der Waals surface area contributed by atoms with Gasteiger partial charge in [-0.25, -0.2) is 13.4 Å². The number of fused-ring (bicyclic) bond motifs is 1. The summed E-state index contributed by atoms with van der Waals surface area (Å²) >= 11 is 1.45. The number of carbonyl (C=O) groups is 1. The van der Waals surface area contributed by atoms with Crippen molar-refractivity contribution in [3.05, 3.63) is 64.0 Å². The highest BCUT2D eigenvalue weighted by Crippen LogP contribution is 2.34. The minimum atomic E-state index is -3.25. The summed E-state index contributed by atoms with van der Waals surface area (Å²) < 4.78 is 26.0. The molecular formula is C22H23N3O3S2. The number of aryl methyl sites for hydroxylation is 1. The molecule has 0 spiro atoms. The van der Waals surface area contributed by atoms with E-state index in [-0.39, 0.29) is 18.1 Å². The lowest BCUT2D eigenvalue weighted by molar-refractivity contribution is -0.115. The Hall–Kier alpha value is -2.71. The van der Waals surface area contributed by atoms with Crippen LogP contribution >= 0.6 is 11.3 Å². The van der Waals surface area contributed by atoms with E-state index < -0.39 is 10.0 Å². The third-order valence-electron chi connectivity index (χ3n) is 5.13. The average molecular weight is 442 g/mol. The Morgan fingerprint density at radius 1 is 1.20 bits per heavy atom. The number of nitrogens with one attached hydrogen (secondary N) is 1.